The summed E-state index contributed by atoms with van der Waals surface area (Å²) in [4.78, 5) is 14.3. The molecule has 1 saturated heterocycles. The maximum atomic E-state index is 12.6. The second-order valence-electron chi connectivity index (χ2n) is 6.93. The van der Waals surface area contributed by atoms with E-state index in [4.69, 9.17) is 15.3 Å². The van der Waals surface area contributed by atoms with Gasteiger partial charge in [0.2, 0.25) is 0 Å². The summed E-state index contributed by atoms with van der Waals surface area (Å²) in [5.74, 6) is 0.437. The molecule has 1 aliphatic heterocycles. The smallest absolute Gasteiger partial charge is 0.289 e. The fraction of sp³-hybridized carbons (Fsp3) is 0.421. The Morgan fingerprint density at radius 2 is 1.96 bits per heavy atom. The van der Waals surface area contributed by atoms with Crippen LogP contribution in [0.2, 0.25) is 0 Å². The van der Waals surface area contributed by atoms with E-state index in [1.165, 1.54) is 0 Å². The van der Waals surface area contributed by atoms with Gasteiger partial charge in [0.25, 0.3) is 5.91 Å². The number of fused-ring (bicyclic) bond motifs is 2. The van der Waals surface area contributed by atoms with Crippen molar-refractivity contribution < 1.29 is 19.4 Å². The number of nitrogens with zero attached hydrogens (tertiary/aromatic N) is 1. The van der Waals surface area contributed by atoms with Crippen LogP contribution in [0.15, 0.2) is 40.8 Å². The van der Waals surface area contributed by atoms with E-state index in [0.717, 1.165) is 11.1 Å². The summed E-state index contributed by atoms with van der Waals surface area (Å²) in [6.45, 7) is 0.843. The Hall–Kier alpha value is -2.15. The lowest BCUT2D eigenvalue weighted by Crippen LogP contribution is -2.50. The Balaban J connectivity index is 1.54. The lowest BCUT2D eigenvalue weighted by atomic mass is 9.72. The topological polar surface area (TPSA) is 99.9 Å². The highest BCUT2D eigenvalue weighted by molar-refractivity contribution is 5.91. The molecule has 2 aromatic rings. The molecular weight excluding hydrogens is 320 g/mol. The number of nitrogens with two attached hydrogens (primary N) is 1. The first kappa shape index (κ1) is 16.3. The van der Waals surface area contributed by atoms with Gasteiger partial charge in [0.05, 0.1) is 12.1 Å². The summed E-state index contributed by atoms with van der Waals surface area (Å²) in [5.41, 5.74) is 7.97. The minimum absolute atomic E-state index is 0.181. The lowest BCUT2D eigenvalue weighted by Gasteiger charge is -2.42. The molecule has 0 saturated carbocycles. The number of hydrogen-bond acceptors (Lipinski definition) is 5. The van der Waals surface area contributed by atoms with Crippen LogP contribution in [0.1, 0.15) is 46.3 Å². The predicted molar refractivity (Wildman–Crippen MR) is 90.8 cm³/mol. The first-order valence-electron chi connectivity index (χ1n) is 8.59. The van der Waals surface area contributed by atoms with E-state index in [2.05, 4.69) is 0 Å². The van der Waals surface area contributed by atoms with Gasteiger partial charge in [-0.05, 0) is 36.1 Å². The molecule has 6 nitrogen and oxygen atoms in total. The summed E-state index contributed by atoms with van der Waals surface area (Å²) in [5, 5.41) is 19.9. The Kier molecular flexibility index (Phi) is 3.91. The Bertz CT molecular complexity index is 792. The Morgan fingerprint density at radius 3 is 2.64 bits per heavy atom. The second kappa shape index (κ2) is 5.98. The quantitative estimate of drug-likeness (QED) is 0.764. The summed E-state index contributed by atoms with van der Waals surface area (Å²) in [7, 11) is 0. The molecule has 1 aromatic carbocycles. The summed E-state index contributed by atoms with van der Waals surface area (Å²) in [6, 6.07) is 10.8. The highest BCUT2D eigenvalue weighted by atomic mass is 16.4. The molecule has 4 rings (SSSR count). The van der Waals surface area contributed by atoms with Crippen molar-refractivity contribution in [1.29, 1.82) is 0 Å². The minimum Gasteiger partial charge on any atom is -0.453 e. The molecule has 25 heavy (non-hydrogen) atoms. The molecule has 4 N–H and O–H groups in total. The maximum Gasteiger partial charge on any atom is 0.289 e. The SMILES string of the molecule is N[C@@H]1c2ccccc2C2(CCN(C(=O)c3ccc(CO)o3)CC2)[C@H]1O. The van der Waals surface area contributed by atoms with E-state index >= 15 is 0 Å². The molecule has 0 bridgehead atoms. The highest BCUT2D eigenvalue weighted by Gasteiger charge is 2.51. The molecule has 0 unspecified atom stereocenters. The van der Waals surface area contributed by atoms with Crippen LogP contribution in [0, 0.1) is 0 Å². The average molecular weight is 342 g/mol. The van der Waals surface area contributed by atoms with Gasteiger partial charge in [-0.3, -0.25) is 4.79 Å². The number of carbonyl (C=O) groups excluding carboxylic acids is 1. The van der Waals surface area contributed by atoms with Crippen molar-refractivity contribution in [3.05, 3.63) is 59.0 Å². The number of aliphatic hydroxyl groups excluding tert-OH is 2. The average Bonchev–Trinajstić information content (AvgIpc) is 3.22. The fourth-order valence-corrected chi connectivity index (χ4v) is 4.32. The van der Waals surface area contributed by atoms with E-state index < -0.39 is 6.10 Å². The van der Waals surface area contributed by atoms with E-state index in [-0.39, 0.29) is 29.7 Å². The third-order valence-electron chi connectivity index (χ3n) is 5.73. The third kappa shape index (κ3) is 2.40. The number of benzene rings is 1. The van der Waals surface area contributed by atoms with Crippen LogP contribution in [0.25, 0.3) is 0 Å². The van der Waals surface area contributed by atoms with Crippen molar-refractivity contribution >= 4 is 5.91 Å². The van der Waals surface area contributed by atoms with Crippen LogP contribution in [-0.2, 0) is 12.0 Å². The zero-order valence-corrected chi connectivity index (χ0v) is 13.9. The lowest BCUT2D eigenvalue weighted by molar-refractivity contribution is 0.0249. The molecular formula is C19H22N2O4. The number of furan rings is 1. The van der Waals surface area contributed by atoms with Gasteiger partial charge in [0, 0.05) is 18.5 Å². The first-order valence-corrected chi connectivity index (χ1v) is 8.59. The molecule has 0 radical (unpaired) electrons. The van der Waals surface area contributed by atoms with Crippen molar-refractivity contribution in [2.45, 2.75) is 37.0 Å². The van der Waals surface area contributed by atoms with Crippen LogP contribution in [0.3, 0.4) is 0 Å². The summed E-state index contributed by atoms with van der Waals surface area (Å²) >= 11 is 0. The van der Waals surface area contributed by atoms with E-state index in [9.17, 15) is 9.90 Å². The van der Waals surface area contributed by atoms with Crippen LogP contribution >= 0.6 is 0 Å². The number of aliphatic hydroxyl groups is 2. The Morgan fingerprint density at radius 1 is 1.24 bits per heavy atom. The molecule has 1 aromatic heterocycles. The predicted octanol–water partition coefficient (Wildman–Crippen LogP) is 1.32. The van der Waals surface area contributed by atoms with Gasteiger partial charge in [0.15, 0.2) is 5.76 Å². The van der Waals surface area contributed by atoms with Gasteiger partial charge >= 0.3 is 0 Å². The second-order valence-corrected chi connectivity index (χ2v) is 6.93. The monoisotopic (exact) mass is 342 g/mol. The highest BCUT2D eigenvalue weighted by Crippen LogP contribution is 2.50. The standard InChI is InChI=1S/C19H22N2O4/c20-16-13-3-1-2-4-14(13)19(17(16)23)7-9-21(10-8-19)18(24)15-6-5-12(11-22)25-15/h1-6,16-17,22-23H,7-11,20H2/t16-,17+/m1/s1. The van der Waals surface area contributed by atoms with E-state index in [0.29, 0.717) is 31.7 Å². The molecule has 2 atom stereocenters. The molecule has 2 heterocycles. The first-order chi connectivity index (χ1) is 12.1. The normalized spacial score (nSPS) is 24.5. The molecule has 1 fully saturated rings. The van der Waals surface area contributed by atoms with Gasteiger partial charge < -0.3 is 25.3 Å². The van der Waals surface area contributed by atoms with Gasteiger partial charge in [-0.2, -0.15) is 0 Å². The molecule has 1 amide bonds. The van der Waals surface area contributed by atoms with Crippen molar-refractivity contribution in [1.82, 2.24) is 4.90 Å². The summed E-state index contributed by atoms with van der Waals surface area (Å²) < 4.78 is 5.35. The number of likely N-dealkylation sites (tertiary alicyclic amines) is 1. The number of amides is 1. The van der Waals surface area contributed by atoms with Gasteiger partial charge in [0.1, 0.15) is 12.4 Å². The van der Waals surface area contributed by atoms with Crippen molar-refractivity contribution in [2.75, 3.05) is 13.1 Å². The van der Waals surface area contributed by atoms with Gasteiger partial charge in [-0.1, -0.05) is 24.3 Å². The van der Waals surface area contributed by atoms with Crippen LogP contribution < -0.4 is 5.73 Å². The maximum absolute atomic E-state index is 12.6. The molecule has 1 aliphatic carbocycles. The zero-order valence-electron chi connectivity index (χ0n) is 13.9. The van der Waals surface area contributed by atoms with Gasteiger partial charge in [-0.15, -0.1) is 0 Å². The zero-order chi connectivity index (χ0) is 17.6. The van der Waals surface area contributed by atoms with E-state index in [1.807, 2.05) is 24.3 Å². The van der Waals surface area contributed by atoms with E-state index in [1.54, 1.807) is 17.0 Å². The fourth-order valence-electron chi connectivity index (χ4n) is 4.32. The van der Waals surface area contributed by atoms with Crippen molar-refractivity contribution in [3.63, 3.8) is 0 Å². The molecule has 2 aliphatic rings. The molecule has 1 spiro atoms. The number of hydrogen-bond donors (Lipinski definition) is 3. The van der Waals surface area contributed by atoms with Crippen LogP contribution in [-0.4, -0.2) is 40.2 Å². The minimum atomic E-state index is -0.633. The van der Waals surface area contributed by atoms with Crippen molar-refractivity contribution in [3.8, 4) is 0 Å². The molecule has 6 heteroatoms. The number of piperidine rings is 1. The molecule has 132 valence electrons. The van der Waals surface area contributed by atoms with Gasteiger partial charge in [-0.25, -0.2) is 0 Å². The summed E-state index contributed by atoms with van der Waals surface area (Å²) in [6.07, 6.45) is 0.697. The number of carbonyl (C=O) groups is 1. The number of rotatable bonds is 2. The van der Waals surface area contributed by atoms with Crippen LogP contribution in [0.5, 0.6) is 0 Å². The third-order valence-corrected chi connectivity index (χ3v) is 5.73. The Labute approximate surface area is 145 Å². The van der Waals surface area contributed by atoms with Crippen LogP contribution in [0.4, 0.5) is 0 Å². The van der Waals surface area contributed by atoms with Crippen molar-refractivity contribution in [2.24, 2.45) is 5.73 Å². The largest absolute Gasteiger partial charge is 0.453 e.